The van der Waals surface area contributed by atoms with E-state index in [4.69, 9.17) is 5.11 Å². The highest BCUT2D eigenvalue weighted by molar-refractivity contribution is 5.94. The van der Waals surface area contributed by atoms with Gasteiger partial charge in [-0.1, -0.05) is 54.6 Å². The molecule has 0 unspecified atom stereocenters. The maximum Gasteiger partial charge on any atom is 0.387 e. The summed E-state index contributed by atoms with van der Waals surface area (Å²) < 4.78 is 29.2. The van der Waals surface area contributed by atoms with E-state index in [0.717, 1.165) is 18.4 Å². The van der Waals surface area contributed by atoms with Crippen molar-refractivity contribution >= 4 is 11.9 Å². The van der Waals surface area contributed by atoms with Crippen molar-refractivity contribution in [3.8, 4) is 5.75 Å². The Morgan fingerprint density at radius 2 is 1.48 bits per heavy atom. The SMILES string of the molecule is O=C(O)Cc1ccc(CN(CCCc2ccccc2)C(=O)c2ccc(OC(F)F)cc2)cc1. The van der Waals surface area contributed by atoms with E-state index in [1.165, 1.54) is 29.8 Å². The topological polar surface area (TPSA) is 66.8 Å². The molecule has 1 N–H and O–H groups in total. The van der Waals surface area contributed by atoms with Crippen molar-refractivity contribution in [3.63, 3.8) is 0 Å². The number of carbonyl (C=O) groups excluding carboxylic acids is 1. The van der Waals surface area contributed by atoms with E-state index in [1.807, 2.05) is 42.5 Å². The number of aliphatic carboxylic acids is 1. The molecule has 0 spiro atoms. The Kier molecular flexibility index (Phi) is 8.52. The van der Waals surface area contributed by atoms with Crippen LogP contribution >= 0.6 is 0 Å². The molecule has 1 amide bonds. The van der Waals surface area contributed by atoms with Crippen molar-refractivity contribution in [2.24, 2.45) is 0 Å². The average molecular weight is 453 g/mol. The smallest absolute Gasteiger partial charge is 0.387 e. The first-order chi connectivity index (χ1) is 15.9. The highest BCUT2D eigenvalue weighted by Crippen LogP contribution is 2.18. The summed E-state index contributed by atoms with van der Waals surface area (Å²) in [6, 6.07) is 22.7. The van der Waals surface area contributed by atoms with Crippen LogP contribution in [0.3, 0.4) is 0 Å². The summed E-state index contributed by atoms with van der Waals surface area (Å²) in [5.74, 6) is -1.13. The van der Waals surface area contributed by atoms with Gasteiger partial charge in [0.15, 0.2) is 0 Å². The first-order valence-corrected chi connectivity index (χ1v) is 10.6. The first kappa shape index (κ1) is 23.9. The first-order valence-electron chi connectivity index (χ1n) is 10.6. The fourth-order valence-electron chi connectivity index (χ4n) is 3.49. The standard InChI is InChI=1S/C26H25F2NO4/c27-26(28)33-23-14-12-22(13-15-23)25(32)29(16-4-7-19-5-2-1-3-6-19)18-21-10-8-20(9-11-21)17-24(30)31/h1-3,5-6,8-15,26H,4,7,16-18H2,(H,30,31). The van der Waals surface area contributed by atoms with Gasteiger partial charge in [-0.15, -0.1) is 0 Å². The van der Waals surface area contributed by atoms with Crippen LogP contribution in [0, 0.1) is 0 Å². The van der Waals surface area contributed by atoms with Crippen LogP contribution < -0.4 is 4.74 Å². The van der Waals surface area contributed by atoms with Gasteiger partial charge in [0.05, 0.1) is 6.42 Å². The average Bonchev–Trinajstić information content (AvgIpc) is 2.79. The molecule has 0 fully saturated rings. The van der Waals surface area contributed by atoms with E-state index in [2.05, 4.69) is 4.74 Å². The Morgan fingerprint density at radius 3 is 2.09 bits per heavy atom. The lowest BCUT2D eigenvalue weighted by atomic mass is 10.1. The second kappa shape index (κ2) is 11.8. The van der Waals surface area contributed by atoms with Gasteiger partial charge < -0.3 is 14.7 Å². The summed E-state index contributed by atoms with van der Waals surface area (Å²) in [6.45, 7) is -2.08. The van der Waals surface area contributed by atoms with Crippen molar-refractivity contribution in [1.82, 2.24) is 4.90 Å². The quantitative estimate of drug-likeness (QED) is 0.434. The molecule has 3 aromatic rings. The number of hydrogen-bond acceptors (Lipinski definition) is 3. The molecule has 0 heterocycles. The van der Waals surface area contributed by atoms with Crippen LogP contribution in [0.25, 0.3) is 0 Å². The molecule has 0 aliphatic rings. The van der Waals surface area contributed by atoms with E-state index in [9.17, 15) is 18.4 Å². The maximum atomic E-state index is 13.2. The van der Waals surface area contributed by atoms with Gasteiger partial charge in [0, 0.05) is 18.7 Å². The molecule has 0 bridgehead atoms. The van der Waals surface area contributed by atoms with Crippen LogP contribution in [0.4, 0.5) is 8.78 Å². The molecule has 0 aliphatic heterocycles. The summed E-state index contributed by atoms with van der Waals surface area (Å²) in [4.78, 5) is 25.8. The largest absolute Gasteiger partial charge is 0.481 e. The number of rotatable bonds is 11. The van der Waals surface area contributed by atoms with E-state index in [1.54, 1.807) is 17.0 Å². The third-order valence-electron chi connectivity index (χ3n) is 5.10. The van der Waals surface area contributed by atoms with Gasteiger partial charge in [0.2, 0.25) is 0 Å². The molecule has 0 aliphatic carbocycles. The van der Waals surface area contributed by atoms with E-state index >= 15 is 0 Å². The van der Waals surface area contributed by atoms with Gasteiger partial charge >= 0.3 is 12.6 Å². The van der Waals surface area contributed by atoms with Crippen molar-refractivity contribution in [1.29, 1.82) is 0 Å². The molecular weight excluding hydrogens is 428 g/mol. The van der Waals surface area contributed by atoms with Gasteiger partial charge in [0.1, 0.15) is 5.75 Å². The molecule has 0 saturated heterocycles. The number of benzene rings is 3. The van der Waals surface area contributed by atoms with Gasteiger partial charge in [-0.25, -0.2) is 0 Å². The van der Waals surface area contributed by atoms with E-state index in [-0.39, 0.29) is 18.1 Å². The van der Waals surface area contributed by atoms with Crippen LogP contribution in [-0.4, -0.2) is 35.0 Å². The number of aryl methyl sites for hydroxylation is 1. The van der Waals surface area contributed by atoms with Gasteiger partial charge in [0.25, 0.3) is 5.91 Å². The molecule has 172 valence electrons. The fourth-order valence-corrected chi connectivity index (χ4v) is 3.49. The fraction of sp³-hybridized carbons (Fsp3) is 0.231. The Hall–Kier alpha value is -3.74. The van der Waals surface area contributed by atoms with E-state index in [0.29, 0.717) is 24.2 Å². The van der Waals surface area contributed by atoms with Crippen LogP contribution in [0.1, 0.15) is 33.5 Å². The zero-order valence-electron chi connectivity index (χ0n) is 18.0. The number of nitrogens with zero attached hydrogens (tertiary/aromatic N) is 1. The number of carboxylic acids is 1. The molecule has 33 heavy (non-hydrogen) atoms. The number of amides is 1. The lowest BCUT2D eigenvalue weighted by Gasteiger charge is -2.23. The molecule has 7 heteroatoms. The predicted octanol–water partition coefficient (Wildman–Crippen LogP) is 5.19. The third-order valence-corrected chi connectivity index (χ3v) is 5.10. The normalized spacial score (nSPS) is 10.8. The number of carboxylic acid groups (broad SMARTS) is 1. The highest BCUT2D eigenvalue weighted by atomic mass is 19.3. The molecule has 0 saturated carbocycles. The molecular formula is C26H25F2NO4. The zero-order chi connectivity index (χ0) is 23.6. The predicted molar refractivity (Wildman–Crippen MR) is 120 cm³/mol. The Bertz CT molecular complexity index is 1040. The molecule has 3 aromatic carbocycles. The lowest BCUT2D eigenvalue weighted by Crippen LogP contribution is -2.31. The van der Waals surface area contributed by atoms with Crippen molar-refractivity contribution < 1.29 is 28.2 Å². The minimum atomic E-state index is -2.93. The number of hydrogen-bond donors (Lipinski definition) is 1. The Morgan fingerprint density at radius 1 is 0.848 bits per heavy atom. The number of ether oxygens (including phenoxy) is 1. The third kappa shape index (κ3) is 7.71. The van der Waals surface area contributed by atoms with Crippen molar-refractivity contribution in [2.45, 2.75) is 32.4 Å². The highest BCUT2D eigenvalue weighted by Gasteiger charge is 2.17. The second-order valence-electron chi connectivity index (χ2n) is 7.61. The lowest BCUT2D eigenvalue weighted by molar-refractivity contribution is -0.136. The summed E-state index contributed by atoms with van der Waals surface area (Å²) in [6.07, 6.45) is 1.50. The summed E-state index contributed by atoms with van der Waals surface area (Å²) in [5, 5.41) is 8.94. The Balaban J connectivity index is 1.72. The summed E-state index contributed by atoms with van der Waals surface area (Å²) in [7, 11) is 0. The van der Waals surface area contributed by atoms with Crippen LogP contribution in [0.5, 0.6) is 5.75 Å². The summed E-state index contributed by atoms with van der Waals surface area (Å²) in [5.41, 5.74) is 3.10. The van der Waals surface area contributed by atoms with Crippen LogP contribution in [0.2, 0.25) is 0 Å². The van der Waals surface area contributed by atoms with Gasteiger partial charge in [-0.3, -0.25) is 9.59 Å². The molecule has 5 nitrogen and oxygen atoms in total. The number of carbonyl (C=O) groups is 2. The van der Waals surface area contributed by atoms with Crippen molar-refractivity contribution in [3.05, 3.63) is 101 Å². The van der Waals surface area contributed by atoms with Crippen LogP contribution in [-0.2, 0) is 24.2 Å². The molecule has 0 atom stereocenters. The molecule has 0 radical (unpaired) electrons. The second-order valence-corrected chi connectivity index (χ2v) is 7.61. The maximum absolute atomic E-state index is 13.2. The monoisotopic (exact) mass is 453 g/mol. The zero-order valence-corrected chi connectivity index (χ0v) is 18.0. The number of alkyl halides is 2. The van der Waals surface area contributed by atoms with Gasteiger partial charge in [-0.2, -0.15) is 8.78 Å². The molecule has 3 rings (SSSR count). The minimum Gasteiger partial charge on any atom is -0.481 e. The Labute approximate surface area is 191 Å². The van der Waals surface area contributed by atoms with Gasteiger partial charge in [-0.05, 0) is 53.8 Å². The van der Waals surface area contributed by atoms with E-state index < -0.39 is 12.6 Å². The number of halogens is 2. The van der Waals surface area contributed by atoms with Crippen molar-refractivity contribution in [2.75, 3.05) is 6.54 Å². The minimum absolute atomic E-state index is 0.00815. The van der Waals surface area contributed by atoms with Crippen LogP contribution in [0.15, 0.2) is 78.9 Å². The summed E-state index contributed by atoms with van der Waals surface area (Å²) >= 11 is 0. The molecule has 0 aromatic heterocycles.